The first kappa shape index (κ1) is 32.5. The van der Waals surface area contributed by atoms with E-state index in [0.29, 0.717) is 86.2 Å². The minimum absolute atomic E-state index is 0.101. The molecule has 47 heavy (non-hydrogen) atoms. The van der Waals surface area contributed by atoms with Crippen LogP contribution in [0.4, 0.5) is 23.1 Å². The lowest BCUT2D eigenvalue weighted by atomic mass is 10.1. The second kappa shape index (κ2) is 15.0. The molecule has 2 N–H and O–H groups in total. The van der Waals surface area contributed by atoms with Crippen molar-refractivity contribution in [1.29, 1.82) is 0 Å². The monoisotopic (exact) mass is 646 g/mol. The van der Waals surface area contributed by atoms with Crippen LogP contribution in [-0.2, 0) is 30.2 Å². The predicted molar refractivity (Wildman–Crippen MR) is 176 cm³/mol. The van der Waals surface area contributed by atoms with Crippen molar-refractivity contribution in [3.8, 4) is 11.5 Å². The quantitative estimate of drug-likeness (QED) is 0.238. The van der Waals surface area contributed by atoms with Crippen LogP contribution in [0.15, 0.2) is 48.7 Å². The van der Waals surface area contributed by atoms with Crippen LogP contribution >= 0.6 is 0 Å². The number of aromatic nitrogens is 4. The van der Waals surface area contributed by atoms with Gasteiger partial charge in [0, 0.05) is 24.0 Å². The number of benzene rings is 2. The van der Waals surface area contributed by atoms with E-state index in [2.05, 4.69) is 15.7 Å². The first-order chi connectivity index (χ1) is 22.8. The number of esters is 1. The van der Waals surface area contributed by atoms with Crippen LogP contribution < -0.4 is 20.1 Å². The number of hydrogen-bond donors (Lipinski definition) is 2. The average Bonchev–Trinajstić information content (AvgIpc) is 3.46. The average molecular weight is 647 g/mol. The number of fused-ring (bicyclic) bond motifs is 2. The van der Waals surface area contributed by atoms with Crippen molar-refractivity contribution in [2.75, 3.05) is 56.9 Å². The summed E-state index contributed by atoms with van der Waals surface area (Å²) in [4.78, 5) is 22.5. The van der Waals surface area contributed by atoms with Crippen molar-refractivity contribution < 1.29 is 33.2 Å². The molecule has 2 aliphatic heterocycles. The van der Waals surface area contributed by atoms with Gasteiger partial charge >= 0.3 is 5.97 Å². The third kappa shape index (κ3) is 8.67. The summed E-state index contributed by atoms with van der Waals surface area (Å²) in [6.07, 6.45) is 4.51. The van der Waals surface area contributed by atoms with Gasteiger partial charge in [0.05, 0.1) is 44.4 Å². The topological polar surface area (TPSA) is 140 Å². The van der Waals surface area contributed by atoms with Gasteiger partial charge in [-0.25, -0.2) is 4.68 Å². The Morgan fingerprint density at radius 2 is 1.68 bits per heavy atom. The molecule has 4 heterocycles. The van der Waals surface area contributed by atoms with E-state index in [0.717, 1.165) is 30.5 Å². The largest absolute Gasteiger partial charge is 0.487 e. The molecule has 1 unspecified atom stereocenters. The smallest absolute Gasteiger partial charge is 0.310 e. The van der Waals surface area contributed by atoms with Gasteiger partial charge in [0.25, 0.3) is 0 Å². The van der Waals surface area contributed by atoms with Crippen LogP contribution in [0.25, 0.3) is 11.0 Å². The number of ether oxygens (including phenoxy) is 6. The number of anilines is 4. The van der Waals surface area contributed by atoms with Crippen LogP contribution in [0.3, 0.4) is 0 Å². The molecule has 0 amide bonds. The normalized spacial score (nSPS) is 17.7. The molecule has 0 saturated carbocycles. The molecule has 0 bridgehead atoms. The number of nitrogens with zero attached hydrogens (tertiary/aromatic N) is 4. The molecule has 0 radical (unpaired) electrons. The third-order valence-electron chi connectivity index (χ3n) is 7.45. The second-order valence-corrected chi connectivity index (χ2v) is 12.3. The van der Waals surface area contributed by atoms with Crippen LogP contribution in [0, 0.1) is 0 Å². The fourth-order valence-corrected chi connectivity index (χ4v) is 5.35. The molecular formula is C34H42N6O7. The van der Waals surface area contributed by atoms with E-state index in [9.17, 15) is 4.79 Å². The third-order valence-corrected chi connectivity index (χ3v) is 7.45. The molecule has 2 aromatic heterocycles. The maximum atomic E-state index is 12.7. The van der Waals surface area contributed by atoms with Gasteiger partial charge in [-0.1, -0.05) is 18.2 Å². The summed E-state index contributed by atoms with van der Waals surface area (Å²) in [7, 11) is 0. The minimum atomic E-state index is -0.583. The first-order valence-corrected chi connectivity index (χ1v) is 16.1. The summed E-state index contributed by atoms with van der Waals surface area (Å²) in [5.74, 6) is 1.72. The Kier molecular flexibility index (Phi) is 10.3. The summed E-state index contributed by atoms with van der Waals surface area (Å²) < 4.78 is 36.5. The Labute approximate surface area is 273 Å². The summed E-state index contributed by atoms with van der Waals surface area (Å²) >= 11 is 0. The van der Waals surface area contributed by atoms with Gasteiger partial charge in [0.1, 0.15) is 24.6 Å². The van der Waals surface area contributed by atoms with Gasteiger partial charge in [0.2, 0.25) is 5.95 Å². The summed E-state index contributed by atoms with van der Waals surface area (Å²) in [6.45, 7) is 8.88. The van der Waals surface area contributed by atoms with Crippen LogP contribution in [0.2, 0.25) is 0 Å². The Morgan fingerprint density at radius 3 is 2.45 bits per heavy atom. The maximum absolute atomic E-state index is 12.7. The van der Waals surface area contributed by atoms with Gasteiger partial charge in [-0.2, -0.15) is 15.1 Å². The molecular weight excluding hydrogens is 604 g/mol. The van der Waals surface area contributed by atoms with Crippen LogP contribution in [0.1, 0.15) is 51.8 Å². The van der Waals surface area contributed by atoms with Crippen molar-refractivity contribution >= 4 is 40.1 Å². The highest BCUT2D eigenvalue weighted by molar-refractivity contribution is 5.90. The Bertz CT molecular complexity index is 1660. The first-order valence-electron chi connectivity index (χ1n) is 16.1. The van der Waals surface area contributed by atoms with Gasteiger partial charge < -0.3 is 39.1 Å². The lowest BCUT2D eigenvalue weighted by Crippen LogP contribution is -2.25. The number of carbonyl (C=O) groups is 1. The highest BCUT2D eigenvalue weighted by Crippen LogP contribution is 2.34. The highest BCUT2D eigenvalue weighted by atomic mass is 16.6. The fourth-order valence-electron chi connectivity index (χ4n) is 5.35. The standard InChI is InChI=1S/C34H42N6O7/c1-34(2,3)47-30(41)20-23-8-4-5-9-26(23)37-31-25-22-35-40(29-10-6-7-13-46-29)32(25)39-33(38-31)36-24-11-12-27-28(21-24)45-19-17-43-15-14-42-16-18-44-27/h4-5,8-9,11-12,21-22,29H,6-7,10,13-20H2,1-3H3,(H2,36,37,38,39). The number of nitrogens with one attached hydrogen (secondary N) is 2. The maximum Gasteiger partial charge on any atom is 0.310 e. The molecule has 13 heteroatoms. The fraction of sp³-hybridized carbons (Fsp3) is 0.471. The molecule has 2 aromatic carbocycles. The lowest BCUT2D eigenvalue weighted by molar-refractivity contribution is -0.153. The molecule has 0 spiro atoms. The molecule has 6 rings (SSSR count). The molecule has 1 saturated heterocycles. The van der Waals surface area contributed by atoms with Crippen molar-refractivity contribution in [2.45, 2.75) is 58.3 Å². The van der Waals surface area contributed by atoms with E-state index in [1.54, 1.807) is 6.20 Å². The number of para-hydroxylation sites is 1. The van der Waals surface area contributed by atoms with E-state index in [1.165, 1.54) is 0 Å². The SMILES string of the molecule is CC(C)(C)OC(=O)Cc1ccccc1Nc1nc(Nc2ccc3c(c2)OCCOCCOCCO3)nc2c1cnn2C1CCCCO1. The minimum Gasteiger partial charge on any atom is -0.487 e. The van der Waals surface area contributed by atoms with E-state index in [-0.39, 0.29) is 18.6 Å². The second-order valence-electron chi connectivity index (χ2n) is 12.3. The summed E-state index contributed by atoms with van der Waals surface area (Å²) in [5, 5.41) is 12.2. The molecule has 4 aromatic rings. The molecule has 2 aliphatic rings. The summed E-state index contributed by atoms with van der Waals surface area (Å²) in [6, 6.07) is 13.2. The zero-order valence-corrected chi connectivity index (χ0v) is 27.1. The Balaban J connectivity index is 1.32. The van der Waals surface area contributed by atoms with E-state index in [4.69, 9.17) is 38.4 Å². The van der Waals surface area contributed by atoms with Crippen molar-refractivity contribution in [3.05, 3.63) is 54.2 Å². The van der Waals surface area contributed by atoms with Crippen molar-refractivity contribution in [1.82, 2.24) is 19.7 Å². The van der Waals surface area contributed by atoms with Gasteiger partial charge in [-0.15, -0.1) is 0 Å². The lowest BCUT2D eigenvalue weighted by Gasteiger charge is -2.23. The van der Waals surface area contributed by atoms with E-state index in [1.807, 2.05) is 67.9 Å². The molecule has 250 valence electrons. The van der Waals surface area contributed by atoms with E-state index < -0.39 is 5.60 Å². The predicted octanol–water partition coefficient (Wildman–Crippen LogP) is 5.70. The Hall–Kier alpha value is -4.46. The molecule has 1 atom stereocenters. The van der Waals surface area contributed by atoms with Crippen molar-refractivity contribution in [2.24, 2.45) is 0 Å². The van der Waals surface area contributed by atoms with Gasteiger partial charge in [-0.05, 0) is 63.8 Å². The van der Waals surface area contributed by atoms with Gasteiger partial charge in [-0.3, -0.25) is 4.79 Å². The Morgan fingerprint density at radius 1 is 0.915 bits per heavy atom. The van der Waals surface area contributed by atoms with Gasteiger partial charge in [0.15, 0.2) is 23.4 Å². The zero-order chi connectivity index (χ0) is 32.6. The van der Waals surface area contributed by atoms with E-state index >= 15 is 0 Å². The molecule has 13 nitrogen and oxygen atoms in total. The van der Waals surface area contributed by atoms with Crippen LogP contribution in [-0.4, -0.2) is 77.6 Å². The molecule has 1 fully saturated rings. The summed E-state index contributed by atoms with van der Waals surface area (Å²) in [5.41, 5.74) is 2.23. The number of hydrogen-bond acceptors (Lipinski definition) is 12. The molecule has 0 aliphatic carbocycles. The number of rotatable bonds is 7. The number of carbonyl (C=O) groups excluding carboxylic acids is 1. The van der Waals surface area contributed by atoms with Crippen molar-refractivity contribution in [3.63, 3.8) is 0 Å². The highest BCUT2D eigenvalue weighted by Gasteiger charge is 2.23. The zero-order valence-electron chi connectivity index (χ0n) is 27.1. The van der Waals surface area contributed by atoms with Crippen LogP contribution in [0.5, 0.6) is 11.5 Å².